The van der Waals surface area contributed by atoms with Crippen LogP contribution in [0.1, 0.15) is 25.8 Å². The molecule has 0 radical (unpaired) electrons. The minimum atomic E-state index is -3.60. The Labute approximate surface area is 179 Å². The summed E-state index contributed by atoms with van der Waals surface area (Å²) >= 11 is 0. The Morgan fingerprint density at radius 2 is 1.63 bits per heavy atom. The predicted octanol–water partition coefficient (Wildman–Crippen LogP) is 2.01. The van der Waals surface area contributed by atoms with Gasteiger partial charge in [-0.25, -0.2) is 8.42 Å². The molecule has 1 aliphatic rings. The lowest BCUT2D eigenvalue weighted by molar-refractivity contribution is -0.904. The van der Waals surface area contributed by atoms with E-state index in [1.54, 1.807) is 31.3 Å². The van der Waals surface area contributed by atoms with Crippen molar-refractivity contribution >= 4 is 21.6 Å². The predicted molar refractivity (Wildman–Crippen MR) is 119 cm³/mol. The third-order valence-electron chi connectivity index (χ3n) is 5.58. The first-order valence-electron chi connectivity index (χ1n) is 10.5. The molecule has 0 spiro atoms. The van der Waals surface area contributed by atoms with E-state index in [1.165, 1.54) is 15.6 Å². The van der Waals surface area contributed by atoms with Crippen LogP contribution in [0.2, 0.25) is 0 Å². The van der Waals surface area contributed by atoms with Gasteiger partial charge in [0.15, 0.2) is 6.54 Å². The number of nitrogens with one attached hydrogen (secondary N) is 2. The molecular weight excluding hydrogens is 398 g/mol. The summed E-state index contributed by atoms with van der Waals surface area (Å²) in [6.07, 6.45) is 1.22. The van der Waals surface area contributed by atoms with Gasteiger partial charge in [-0.2, -0.15) is 4.31 Å². The molecule has 2 aromatic rings. The van der Waals surface area contributed by atoms with E-state index < -0.39 is 10.0 Å². The zero-order chi connectivity index (χ0) is 21.7. The third kappa shape index (κ3) is 5.90. The largest absolute Gasteiger partial charge is 0.327 e. The summed E-state index contributed by atoms with van der Waals surface area (Å²) in [7, 11) is -2.03. The molecule has 0 unspecified atom stereocenters. The number of benzene rings is 2. The number of carbonyl (C=O) groups is 1. The molecule has 6 nitrogen and oxygen atoms in total. The van der Waals surface area contributed by atoms with Crippen molar-refractivity contribution in [3.8, 4) is 0 Å². The van der Waals surface area contributed by atoms with Crippen LogP contribution in [0.5, 0.6) is 0 Å². The van der Waals surface area contributed by atoms with Crippen molar-refractivity contribution in [1.29, 1.82) is 0 Å². The molecule has 0 aliphatic carbocycles. The highest BCUT2D eigenvalue weighted by atomic mass is 32.2. The van der Waals surface area contributed by atoms with Crippen molar-refractivity contribution in [3.05, 3.63) is 60.2 Å². The number of anilines is 1. The summed E-state index contributed by atoms with van der Waals surface area (Å²) in [5.74, 6) is 1.23. The van der Waals surface area contributed by atoms with Gasteiger partial charge in [-0.3, -0.25) is 4.79 Å². The van der Waals surface area contributed by atoms with E-state index in [0.717, 1.165) is 18.7 Å². The van der Waals surface area contributed by atoms with E-state index in [2.05, 4.69) is 19.2 Å². The van der Waals surface area contributed by atoms with Gasteiger partial charge in [-0.05, 0) is 36.2 Å². The van der Waals surface area contributed by atoms with Crippen LogP contribution in [0.25, 0.3) is 0 Å². The molecule has 0 aromatic heterocycles. The molecule has 2 atom stereocenters. The Morgan fingerprint density at radius 1 is 1.03 bits per heavy atom. The number of amides is 1. The topological polar surface area (TPSA) is 70.9 Å². The van der Waals surface area contributed by atoms with Crippen LogP contribution in [0.4, 0.5) is 5.69 Å². The highest BCUT2D eigenvalue weighted by Gasteiger charge is 2.27. The minimum Gasteiger partial charge on any atom is -0.327 e. The first-order chi connectivity index (χ1) is 14.2. The van der Waals surface area contributed by atoms with Gasteiger partial charge in [-0.15, -0.1) is 0 Å². The Bertz CT molecular complexity index is 935. The number of hydrogen-bond donors (Lipinski definition) is 2. The molecule has 2 N–H and O–H groups in total. The first kappa shape index (κ1) is 22.5. The average Bonchev–Trinajstić information content (AvgIpc) is 2.68. The minimum absolute atomic E-state index is 0.0388. The lowest BCUT2D eigenvalue weighted by atomic mass is 9.92. The van der Waals surface area contributed by atoms with Crippen molar-refractivity contribution in [2.24, 2.45) is 11.8 Å². The van der Waals surface area contributed by atoms with Crippen LogP contribution in [0.15, 0.2) is 59.5 Å². The lowest BCUT2D eigenvalue weighted by Gasteiger charge is -2.31. The van der Waals surface area contributed by atoms with E-state index in [4.69, 9.17) is 0 Å². The molecule has 0 saturated carbocycles. The van der Waals surface area contributed by atoms with Crippen molar-refractivity contribution in [3.63, 3.8) is 0 Å². The number of sulfonamides is 1. The fourth-order valence-electron chi connectivity index (χ4n) is 4.31. The molecule has 1 aliphatic heterocycles. The van der Waals surface area contributed by atoms with Crippen LogP contribution in [-0.2, 0) is 21.4 Å². The molecule has 30 heavy (non-hydrogen) atoms. The van der Waals surface area contributed by atoms with E-state index in [-0.39, 0.29) is 10.8 Å². The zero-order valence-electron chi connectivity index (χ0n) is 18.0. The average molecular weight is 431 g/mol. The van der Waals surface area contributed by atoms with Crippen molar-refractivity contribution in [2.75, 3.05) is 32.0 Å². The number of hydrogen-bond acceptors (Lipinski definition) is 3. The molecule has 2 aromatic carbocycles. The molecule has 1 amide bonds. The lowest BCUT2D eigenvalue weighted by Crippen LogP contribution is -3.15. The number of nitrogens with zero attached hydrogens (tertiary/aromatic N) is 1. The highest BCUT2D eigenvalue weighted by Crippen LogP contribution is 2.19. The highest BCUT2D eigenvalue weighted by molar-refractivity contribution is 7.89. The summed E-state index contributed by atoms with van der Waals surface area (Å²) in [5.41, 5.74) is 1.54. The second kappa shape index (κ2) is 9.73. The fourth-order valence-corrected chi connectivity index (χ4v) is 5.47. The van der Waals surface area contributed by atoms with Crippen LogP contribution >= 0.6 is 0 Å². The van der Waals surface area contributed by atoms with Gasteiger partial charge in [0.05, 0.1) is 18.0 Å². The maximum Gasteiger partial charge on any atom is 0.279 e. The summed E-state index contributed by atoms with van der Waals surface area (Å²) in [6, 6.07) is 15.9. The second-order valence-corrected chi connectivity index (χ2v) is 10.6. The summed E-state index contributed by atoms with van der Waals surface area (Å²) in [5, 5.41) is 2.90. The Hall–Kier alpha value is -2.22. The molecular formula is C23H32N3O3S+. The van der Waals surface area contributed by atoms with Gasteiger partial charge in [0.2, 0.25) is 10.0 Å². The van der Waals surface area contributed by atoms with Gasteiger partial charge >= 0.3 is 0 Å². The maximum absolute atomic E-state index is 12.8. The number of carbonyl (C=O) groups excluding carboxylic acids is 1. The molecule has 1 saturated heterocycles. The van der Waals surface area contributed by atoms with Gasteiger partial charge in [-0.1, -0.05) is 44.2 Å². The molecule has 0 bridgehead atoms. The smallest absolute Gasteiger partial charge is 0.279 e. The van der Waals surface area contributed by atoms with Crippen LogP contribution in [-0.4, -0.2) is 45.3 Å². The van der Waals surface area contributed by atoms with E-state index in [1.807, 2.05) is 30.3 Å². The third-order valence-corrected chi connectivity index (χ3v) is 7.40. The van der Waals surface area contributed by atoms with E-state index in [9.17, 15) is 13.2 Å². The first-order valence-corrected chi connectivity index (χ1v) is 11.9. The number of piperidine rings is 1. The molecule has 3 rings (SSSR count). The van der Waals surface area contributed by atoms with E-state index >= 15 is 0 Å². The van der Waals surface area contributed by atoms with Gasteiger partial charge in [0, 0.05) is 31.1 Å². The molecule has 1 fully saturated rings. The SMILES string of the molecule is C[C@@H]1C[C@@H](C)C[NH+](CC(=O)Nc2ccc(S(=O)(=O)N(C)Cc3ccccc3)cc2)C1. The Kier molecular flexibility index (Phi) is 7.28. The van der Waals surface area contributed by atoms with Crippen LogP contribution in [0, 0.1) is 11.8 Å². The van der Waals surface area contributed by atoms with Crippen molar-refractivity contribution < 1.29 is 18.1 Å². The summed E-state index contributed by atoms with van der Waals surface area (Å²) in [4.78, 5) is 13.9. The quantitative estimate of drug-likeness (QED) is 0.706. The second-order valence-electron chi connectivity index (χ2n) is 8.60. The standard InChI is InChI=1S/C23H31N3O3S/c1-18-13-19(2)15-26(14-18)17-23(27)24-21-9-11-22(12-10-21)30(28,29)25(3)16-20-7-5-4-6-8-20/h4-12,18-19H,13-17H2,1-3H3,(H,24,27)/p+1/t18-,19-/m1/s1. The van der Waals surface area contributed by atoms with Crippen molar-refractivity contribution in [1.82, 2.24) is 4.31 Å². The number of quaternary nitrogens is 1. The van der Waals surface area contributed by atoms with E-state index in [0.29, 0.717) is 30.6 Å². The monoisotopic (exact) mass is 430 g/mol. The van der Waals surface area contributed by atoms with Gasteiger partial charge in [0.25, 0.3) is 5.91 Å². The fraction of sp³-hybridized carbons (Fsp3) is 0.435. The Balaban J connectivity index is 1.59. The van der Waals surface area contributed by atoms with Crippen LogP contribution in [0.3, 0.4) is 0 Å². The molecule has 7 heteroatoms. The van der Waals surface area contributed by atoms with Gasteiger partial charge < -0.3 is 10.2 Å². The summed E-state index contributed by atoms with van der Waals surface area (Å²) in [6.45, 7) is 7.25. The normalized spacial score (nSPS) is 22.1. The summed E-state index contributed by atoms with van der Waals surface area (Å²) < 4.78 is 27.0. The Morgan fingerprint density at radius 3 is 2.23 bits per heavy atom. The van der Waals surface area contributed by atoms with Crippen molar-refractivity contribution in [2.45, 2.75) is 31.7 Å². The zero-order valence-corrected chi connectivity index (χ0v) is 18.8. The number of likely N-dealkylation sites (tertiary alicyclic amines) is 1. The van der Waals surface area contributed by atoms with Gasteiger partial charge in [0.1, 0.15) is 0 Å². The maximum atomic E-state index is 12.8. The number of rotatable bonds is 7. The van der Waals surface area contributed by atoms with Crippen LogP contribution < -0.4 is 10.2 Å². The molecule has 1 heterocycles. The molecule has 162 valence electrons.